The van der Waals surface area contributed by atoms with Gasteiger partial charge in [-0.25, -0.2) is 13.1 Å². The van der Waals surface area contributed by atoms with Gasteiger partial charge in [-0.05, 0) is 43.7 Å². The molecule has 2 aromatic rings. The monoisotopic (exact) mass is 405 g/mol. The standard InChI is InChI=1S/C19H23N3O5S/c1-21-11-9-18(10-12-21)27-17-7-5-15(6-8-17)14-20-28(25,26)19-4-2-3-16(13-19)22(23)24/h2-8,13,18,20H,9-12,14H2,1H3. The second-order valence-corrected chi connectivity index (χ2v) is 8.61. The lowest BCUT2D eigenvalue weighted by molar-refractivity contribution is -0.385. The number of sulfonamides is 1. The Balaban J connectivity index is 1.58. The topological polar surface area (TPSA) is 102 Å². The summed E-state index contributed by atoms with van der Waals surface area (Å²) < 4.78 is 33.2. The summed E-state index contributed by atoms with van der Waals surface area (Å²) in [5.74, 6) is 0.764. The van der Waals surface area contributed by atoms with Crippen molar-refractivity contribution in [2.24, 2.45) is 0 Å². The van der Waals surface area contributed by atoms with Crippen LogP contribution in [0.4, 0.5) is 5.69 Å². The van der Waals surface area contributed by atoms with Gasteiger partial charge in [0.15, 0.2) is 0 Å². The number of piperidine rings is 1. The van der Waals surface area contributed by atoms with Crippen molar-refractivity contribution in [3.05, 3.63) is 64.2 Å². The molecule has 0 aliphatic carbocycles. The highest BCUT2D eigenvalue weighted by molar-refractivity contribution is 7.89. The number of non-ortho nitro benzene ring substituents is 1. The zero-order chi connectivity index (χ0) is 20.1. The summed E-state index contributed by atoms with van der Waals surface area (Å²) in [6, 6.07) is 12.2. The Morgan fingerprint density at radius 2 is 1.86 bits per heavy atom. The molecular weight excluding hydrogens is 382 g/mol. The molecule has 1 fully saturated rings. The second kappa shape index (κ2) is 8.68. The molecule has 0 atom stereocenters. The predicted molar refractivity (Wildman–Crippen MR) is 105 cm³/mol. The minimum Gasteiger partial charge on any atom is -0.490 e. The lowest BCUT2D eigenvalue weighted by atomic mass is 10.1. The molecule has 9 heteroatoms. The molecule has 8 nitrogen and oxygen atoms in total. The van der Waals surface area contributed by atoms with Gasteiger partial charge >= 0.3 is 0 Å². The normalized spacial score (nSPS) is 16.0. The summed E-state index contributed by atoms with van der Waals surface area (Å²) in [6.07, 6.45) is 2.18. The van der Waals surface area contributed by atoms with Crippen molar-refractivity contribution in [2.75, 3.05) is 20.1 Å². The minimum absolute atomic E-state index is 0.0829. The molecule has 1 heterocycles. The Kier molecular flexibility index (Phi) is 6.28. The van der Waals surface area contributed by atoms with Gasteiger partial charge in [-0.1, -0.05) is 18.2 Å². The van der Waals surface area contributed by atoms with Gasteiger partial charge in [0.2, 0.25) is 10.0 Å². The van der Waals surface area contributed by atoms with E-state index in [0.717, 1.165) is 43.3 Å². The van der Waals surface area contributed by atoms with E-state index in [2.05, 4.69) is 16.7 Å². The SMILES string of the molecule is CN1CCC(Oc2ccc(CNS(=O)(=O)c3cccc([N+](=O)[O-])c3)cc2)CC1. The van der Waals surface area contributed by atoms with Crippen molar-refractivity contribution < 1.29 is 18.1 Å². The summed E-state index contributed by atoms with van der Waals surface area (Å²) in [7, 11) is -1.75. The number of nitrogens with zero attached hydrogens (tertiary/aromatic N) is 2. The quantitative estimate of drug-likeness (QED) is 0.561. The highest BCUT2D eigenvalue weighted by Crippen LogP contribution is 2.20. The fourth-order valence-corrected chi connectivity index (χ4v) is 4.06. The van der Waals surface area contributed by atoms with E-state index in [1.165, 1.54) is 18.2 Å². The first-order valence-corrected chi connectivity index (χ1v) is 10.5. The molecule has 150 valence electrons. The number of ether oxygens (including phenoxy) is 1. The summed E-state index contributed by atoms with van der Waals surface area (Å²) in [4.78, 5) is 12.3. The van der Waals surface area contributed by atoms with E-state index in [1.54, 1.807) is 12.1 Å². The number of rotatable bonds is 7. The highest BCUT2D eigenvalue weighted by atomic mass is 32.2. The zero-order valence-electron chi connectivity index (χ0n) is 15.6. The second-order valence-electron chi connectivity index (χ2n) is 6.84. The van der Waals surface area contributed by atoms with E-state index in [4.69, 9.17) is 4.74 Å². The third kappa shape index (κ3) is 5.28. The van der Waals surface area contributed by atoms with E-state index in [1.807, 2.05) is 12.1 Å². The maximum atomic E-state index is 12.4. The van der Waals surface area contributed by atoms with Gasteiger partial charge in [0.25, 0.3) is 5.69 Å². The van der Waals surface area contributed by atoms with Crippen LogP contribution in [0.1, 0.15) is 18.4 Å². The smallest absolute Gasteiger partial charge is 0.270 e. The first-order valence-electron chi connectivity index (χ1n) is 9.02. The van der Waals surface area contributed by atoms with Gasteiger partial charge < -0.3 is 9.64 Å². The molecule has 0 saturated carbocycles. The van der Waals surface area contributed by atoms with Crippen LogP contribution in [0.5, 0.6) is 5.75 Å². The van der Waals surface area contributed by atoms with Gasteiger partial charge in [0.05, 0.1) is 9.82 Å². The number of likely N-dealkylation sites (tertiary alicyclic amines) is 1. The largest absolute Gasteiger partial charge is 0.490 e. The third-order valence-corrected chi connectivity index (χ3v) is 6.10. The lowest BCUT2D eigenvalue weighted by Crippen LogP contribution is -2.35. The predicted octanol–water partition coefficient (Wildman–Crippen LogP) is 2.55. The molecule has 3 rings (SSSR count). The van der Waals surface area contributed by atoms with E-state index < -0.39 is 14.9 Å². The molecule has 1 aliphatic rings. The van der Waals surface area contributed by atoms with Gasteiger partial charge in [0.1, 0.15) is 11.9 Å². The molecule has 1 aliphatic heterocycles. The molecule has 0 unspecified atom stereocenters. The number of nitro benzene ring substituents is 1. The minimum atomic E-state index is -3.84. The van der Waals surface area contributed by atoms with E-state index in [0.29, 0.717) is 0 Å². The summed E-state index contributed by atoms with van der Waals surface area (Å²) in [5, 5.41) is 10.8. The summed E-state index contributed by atoms with van der Waals surface area (Å²) in [6.45, 7) is 2.11. The van der Waals surface area contributed by atoms with Crippen LogP contribution in [0.3, 0.4) is 0 Å². The maximum absolute atomic E-state index is 12.4. The first kappa shape index (κ1) is 20.2. The Morgan fingerprint density at radius 1 is 1.18 bits per heavy atom. The number of hydrogen-bond donors (Lipinski definition) is 1. The van der Waals surface area contributed by atoms with Crippen molar-refractivity contribution in [3.63, 3.8) is 0 Å². The molecule has 0 amide bonds. The maximum Gasteiger partial charge on any atom is 0.270 e. The van der Waals surface area contributed by atoms with Crippen LogP contribution >= 0.6 is 0 Å². The fourth-order valence-electron chi connectivity index (χ4n) is 3.01. The number of benzene rings is 2. The molecule has 0 bridgehead atoms. The number of hydrogen-bond acceptors (Lipinski definition) is 6. The summed E-state index contributed by atoms with van der Waals surface area (Å²) in [5.41, 5.74) is 0.503. The van der Waals surface area contributed by atoms with Crippen molar-refractivity contribution in [2.45, 2.75) is 30.4 Å². The molecule has 2 aromatic carbocycles. The van der Waals surface area contributed by atoms with Crippen LogP contribution in [0.2, 0.25) is 0 Å². The molecule has 0 spiro atoms. The first-order chi connectivity index (χ1) is 13.3. The number of nitro groups is 1. The Morgan fingerprint density at radius 3 is 2.50 bits per heavy atom. The van der Waals surface area contributed by atoms with E-state index in [-0.39, 0.29) is 23.2 Å². The Bertz CT molecular complexity index is 923. The van der Waals surface area contributed by atoms with Crippen LogP contribution in [0.15, 0.2) is 53.4 Å². The van der Waals surface area contributed by atoms with Gasteiger partial charge in [-0.15, -0.1) is 0 Å². The van der Waals surface area contributed by atoms with Crippen molar-refractivity contribution >= 4 is 15.7 Å². The van der Waals surface area contributed by atoms with Crippen molar-refractivity contribution in [3.8, 4) is 5.75 Å². The zero-order valence-corrected chi connectivity index (χ0v) is 16.4. The average Bonchev–Trinajstić information content (AvgIpc) is 2.69. The Labute approximate surface area is 164 Å². The molecule has 1 N–H and O–H groups in total. The van der Waals surface area contributed by atoms with Crippen LogP contribution in [-0.4, -0.2) is 44.5 Å². The van der Waals surface area contributed by atoms with E-state index >= 15 is 0 Å². The number of nitrogens with one attached hydrogen (secondary N) is 1. The summed E-state index contributed by atoms with van der Waals surface area (Å²) >= 11 is 0. The van der Waals surface area contributed by atoms with Crippen molar-refractivity contribution in [1.82, 2.24) is 9.62 Å². The van der Waals surface area contributed by atoms with Gasteiger partial charge in [0, 0.05) is 31.8 Å². The van der Waals surface area contributed by atoms with Crippen LogP contribution in [-0.2, 0) is 16.6 Å². The molecular formula is C19H23N3O5S. The third-order valence-electron chi connectivity index (χ3n) is 4.70. The van der Waals surface area contributed by atoms with Crippen LogP contribution in [0, 0.1) is 10.1 Å². The van der Waals surface area contributed by atoms with Crippen LogP contribution < -0.4 is 9.46 Å². The molecule has 1 saturated heterocycles. The average molecular weight is 405 g/mol. The lowest BCUT2D eigenvalue weighted by Gasteiger charge is -2.29. The van der Waals surface area contributed by atoms with Crippen molar-refractivity contribution in [1.29, 1.82) is 0 Å². The fraction of sp³-hybridized carbons (Fsp3) is 0.368. The van der Waals surface area contributed by atoms with Gasteiger partial charge in [-0.3, -0.25) is 10.1 Å². The molecule has 0 radical (unpaired) electrons. The van der Waals surface area contributed by atoms with Gasteiger partial charge in [-0.2, -0.15) is 0 Å². The molecule has 28 heavy (non-hydrogen) atoms. The van der Waals surface area contributed by atoms with E-state index in [9.17, 15) is 18.5 Å². The molecule has 0 aromatic heterocycles. The van der Waals surface area contributed by atoms with Crippen LogP contribution in [0.25, 0.3) is 0 Å². The Hall–Kier alpha value is -2.49. The highest BCUT2D eigenvalue weighted by Gasteiger charge is 2.19.